The summed E-state index contributed by atoms with van der Waals surface area (Å²) in [5, 5.41) is 23.2. The zero-order chi connectivity index (χ0) is 19.4. The second-order valence-electron chi connectivity index (χ2n) is 6.44. The van der Waals surface area contributed by atoms with Crippen LogP contribution in [0.2, 0.25) is 0 Å². The maximum Gasteiger partial charge on any atom is 0.251 e. The number of aliphatic hydroxyl groups is 2. The molecule has 5 atom stereocenters. The van der Waals surface area contributed by atoms with Crippen LogP contribution in [-0.2, 0) is 9.47 Å². The van der Waals surface area contributed by atoms with Crippen LogP contribution in [0.4, 0.5) is 0 Å². The number of carbonyl (C=O) groups excluding carboxylic acids is 1. The molecule has 1 aliphatic heterocycles. The molecule has 0 spiro atoms. The van der Waals surface area contributed by atoms with E-state index >= 15 is 0 Å². The molecule has 3 rings (SSSR count). The van der Waals surface area contributed by atoms with Crippen LogP contribution >= 0.6 is 0 Å². The van der Waals surface area contributed by atoms with E-state index in [1.165, 1.54) is 7.11 Å². The highest BCUT2D eigenvalue weighted by Crippen LogP contribution is 2.23. The fourth-order valence-corrected chi connectivity index (χ4v) is 3.19. The van der Waals surface area contributed by atoms with Crippen molar-refractivity contribution in [1.29, 1.82) is 0 Å². The van der Waals surface area contributed by atoms with Crippen molar-refractivity contribution >= 4 is 5.91 Å². The van der Waals surface area contributed by atoms with Crippen molar-refractivity contribution in [2.45, 2.75) is 30.6 Å². The lowest BCUT2D eigenvalue weighted by atomic mass is 9.96. The quantitative estimate of drug-likeness (QED) is 0.608. The van der Waals surface area contributed by atoms with Crippen LogP contribution in [0.3, 0.4) is 0 Å². The first-order valence-corrected chi connectivity index (χ1v) is 8.76. The lowest BCUT2D eigenvalue weighted by Crippen LogP contribution is -2.65. The van der Waals surface area contributed by atoms with E-state index in [4.69, 9.17) is 15.2 Å². The third-order valence-corrected chi connectivity index (χ3v) is 4.70. The van der Waals surface area contributed by atoms with E-state index in [1.54, 1.807) is 18.2 Å². The van der Waals surface area contributed by atoms with Gasteiger partial charge in [-0.15, -0.1) is 0 Å². The Morgan fingerprint density at radius 1 is 1.11 bits per heavy atom. The number of nitrogens with two attached hydrogens (primary N) is 1. The van der Waals surface area contributed by atoms with Crippen LogP contribution in [0.15, 0.2) is 54.6 Å². The molecule has 0 radical (unpaired) electrons. The molecule has 1 heterocycles. The van der Waals surface area contributed by atoms with Gasteiger partial charge in [0.05, 0.1) is 0 Å². The van der Waals surface area contributed by atoms with Crippen LogP contribution < -0.4 is 11.1 Å². The van der Waals surface area contributed by atoms with E-state index in [1.807, 2.05) is 36.4 Å². The lowest BCUT2D eigenvalue weighted by Gasteiger charge is -2.42. The van der Waals surface area contributed by atoms with Crippen molar-refractivity contribution in [2.75, 3.05) is 13.7 Å². The third kappa shape index (κ3) is 4.18. The van der Waals surface area contributed by atoms with Gasteiger partial charge in [-0.05, 0) is 23.3 Å². The van der Waals surface area contributed by atoms with E-state index in [-0.39, 0.29) is 6.54 Å². The monoisotopic (exact) mass is 372 g/mol. The number of amides is 1. The Hall–Kier alpha value is -2.29. The van der Waals surface area contributed by atoms with Gasteiger partial charge in [-0.2, -0.15) is 0 Å². The van der Waals surface area contributed by atoms with Crippen molar-refractivity contribution in [3.8, 4) is 11.1 Å². The summed E-state index contributed by atoms with van der Waals surface area (Å²) in [4.78, 5) is 12.7. The van der Waals surface area contributed by atoms with Gasteiger partial charge in [0.15, 0.2) is 6.29 Å². The molecule has 1 unspecified atom stereocenters. The second-order valence-corrected chi connectivity index (χ2v) is 6.44. The van der Waals surface area contributed by atoms with Crippen LogP contribution in [0.5, 0.6) is 0 Å². The summed E-state index contributed by atoms with van der Waals surface area (Å²) in [6.45, 7) is 0.0257. The molecule has 2 aromatic carbocycles. The molecule has 2 aromatic rings. The van der Waals surface area contributed by atoms with Crippen molar-refractivity contribution in [3.63, 3.8) is 0 Å². The Labute approximate surface area is 157 Å². The normalized spacial score (nSPS) is 27.9. The Bertz CT molecular complexity index is 768. The highest BCUT2D eigenvalue weighted by Gasteiger charge is 2.45. The molecule has 1 amide bonds. The number of methoxy groups -OCH3 is 1. The number of hydrogen-bond acceptors (Lipinski definition) is 6. The number of ether oxygens (including phenoxy) is 2. The summed E-state index contributed by atoms with van der Waals surface area (Å²) in [6.07, 6.45) is -4.17. The van der Waals surface area contributed by atoms with E-state index in [9.17, 15) is 15.0 Å². The average molecular weight is 372 g/mol. The standard InChI is InChI=1S/C20H24N2O5/c1-26-20-16(18(24)17(23)15(11-21)27-20)22-19(25)14-9-5-8-13(10-14)12-6-3-2-4-7-12/h2-10,15-18,20,23-24H,11,21H2,1H3,(H,22,25)/t15-,16-,17-,18-,20?/m1/s1. The topological polar surface area (TPSA) is 114 Å². The first-order valence-electron chi connectivity index (χ1n) is 8.76. The molecule has 7 nitrogen and oxygen atoms in total. The highest BCUT2D eigenvalue weighted by molar-refractivity contribution is 5.95. The Balaban J connectivity index is 1.78. The molecule has 0 aromatic heterocycles. The highest BCUT2D eigenvalue weighted by atomic mass is 16.7. The van der Waals surface area contributed by atoms with Crippen LogP contribution in [0.1, 0.15) is 10.4 Å². The van der Waals surface area contributed by atoms with E-state index in [2.05, 4.69) is 5.32 Å². The van der Waals surface area contributed by atoms with Crippen LogP contribution in [0, 0.1) is 0 Å². The number of nitrogens with one attached hydrogen (secondary N) is 1. The minimum absolute atomic E-state index is 0.0257. The number of aliphatic hydroxyl groups excluding tert-OH is 2. The van der Waals surface area contributed by atoms with E-state index < -0.39 is 36.6 Å². The van der Waals surface area contributed by atoms with Gasteiger partial charge in [-0.25, -0.2) is 0 Å². The Kier molecular flexibility index (Phi) is 6.20. The van der Waals surface area contributed by atoms with Gasteiger partial charge >= 0.3 is 0 Å². The minimum Gasteiger partial charge on any atom is -0.388 e. The predicted octanol–water partition coefficient (Wildman–Crippen LogP) is 0.504. The van der Waals surface area contributed by atoms with Gasteiger partial charge in [-0.1, -0.05) is 42.5 Å². The average Bonchev–Trinajstić information content (AvgIpc) is 2.72. The van der Waals surface area contributed by atoms with E-state index in [0.717, 1.165) is 11.1 Å². The molecule has 7 heteroatoms. The van der Waals surface area contributed by atoms with Gasteiger partial charge in [0.2, 0.25) is 0 Å². The van der Waals surface area contributed by atoms with Crippen molar-refractivity contribution in [3.05, 3.63) is 60.2 Å². The third-order valence-electron chi connectivity index (χ3n) is 4.70. The molecular formula is C20H24N2O5. The summed E-state index contributed by atoms with van der Waals surface area (Å²) < 4.78 is 10.8. The smallest absolute Gasteiger partial charge is 0.251 e. The molecule has 1 aliphatic rings. The molecule has 27 heavy (non-hydrogen) atoms. The second kappa shape index (κ2) is 8.60. The molecule has 1 fully saturated rings. The lowest BCUT2D eigenvalue weighted by molar-refractivity contribution is -0.252. The van der Waals surface area contributed by atoms with Crippen LogP contribution in [-0.4, -0.2) is 60.4 Å². The first-order chi connectivity index (χ1) is 13.0. The zero-order valence-corrected chi connectivity index (χ0v) is 15.0. The van der Waals surface area contributed by atoms with E-state index in [0.29, 0.717) is 5.56 Å². The van der Waals surface area contributed by atoms with Crippen molar-refractivity contribution in [1.82, 2.24) is 5.32 Å². The fourth-order valence-electron chi connectivity index (χ4n) is 3.19. The summed E-state index contributed by atoms with van der Waals surface area (Å²) >= 11 is 0. The fraction of sp³-hybridized carbons (Fsp3) is 0.350. The van der Waals surface area contributed by atoms with Crippen molar-refractivity contribution < 1.29 is 24.5 Å². The summed E-state index contributed by atoms with van der Waals surface area (Å²) in [5.74, 6) is -0.402. The number of benzene rings is 2. The molecule has 0 bridgehead atoms. The summed E-state index contributed by atoms with van der Waals surface area (Å²) in [5.41, 5.74) is 7.86. The summed E-state index contributed by atoms with van der Waals surface area (Å²) in [7, 11) is 1.40. The maximum absolute atomic E-state index is 12.7. The number of rotatable bonds is 5. The Morgan fingerprint density at radius 2 is 1.81 bits per heavy atom. The van der Waals surface area contributed by atoms with Crippen LogP contribution in [0.25, 0.3) is 11.1 Å². The first kappa shape index (κ1) is 19.5. The number of hydrogen-bond donors (Lipinski definition) is 4. The van der Waals surface area contributed by atoms with Gasteiger partial charge < -0.3 is 30.7 Å². The molecule has 0 saturated carbocycles. The van der Waals surface area contributed by atoms with Gasteiger partial charge in [-0.3, -0.25) is 4.79 Å². The van der Waals surface area contributed by atoms with Crippen molar-refractivity contribution in [2.24, 2.45) is 5.73 Å². The molecule has 0 aliphatic carbocycles. The largest absolute Gasteiger partial charge is 0.388 e. The molecule has 5 N–H and O–H groups in total. The van der Waals surface area contributed by atoms with Gasteiger partial charge in [0.25, 0.3) is 5.91 Å². The predicted molar refractivity (Wildman–Crippen MR) is 99.9 cm³/mol. The Morgan fingerprint density at radius 3 is 2.48 bits per heavy atom. The molecule has 1 saturated heterocycles. The van der Waals surface area contributed by atoms with Gasteiger partial charge in [0.1, 0.15) is 24.4 Å². The number of carbonyl (C=O) groups is 1. The molecular weight excluding hydrogens is 348 g/mol. The SMILES string of the molecule is COC1O[C@H](CN)[C@@H](O)[C@H](O)[C@H]1NC(=O)c1cccc(-c2ccccc2)c1. The maximum atomic E-state index is 12.7. The zero-order valence-electron chi connectivity index (χ0n) is 15.0. The van der Waals surface area contributed by atoms with Gasteiger partial charge in [0, 0.05) is 19.2 Å². The molecule has 144 valence electrons. The minimum atomic E-state index is -1.27. The summed E-state index contributed by atoms with van der Waals surface area (Å²) in [6, 6.07) is 15.9.